The molecule has 0 saturated heterocycles. The molecular formula is C29H26N4O5S. The molecule has 0 bridgehead atoms. The number of nitrogens with one attached hydrogen (secondary N) is 1. The maximum Gasteiger partial charge on any atom is 0.334 e. The molecule has 0 saturated carbocycles. The number of benzene rings is 3. The summed E-state index contributed by atoms with van der Waals surface area (Å²) >= 11 is 0. The fourth-order valence-corrected chi connectivity index (χ4v) is 5.60. The highest BCUT2D eigenvalue weighted by molar-refractivity contribution is 7.83. The lowest BCUT2D eigenvalue weighted by molar-refractivity contribution is -0.384. The molecule has 9 nitrogen and oxygen atoms in total. The third-order valence-corrected chi connectivity index (χ3v) is 7.83. The molecule has 0 radical (unpaired) electrons. The lowest BCUT2D eigenvalue weighted by atomic mass is 10.0. The predicted octanol–water partition coefficient (Wildman–Crippen LogP) is 5.42. The van der Waals surface area contributed by atoms with Crippen molar-refractivity contribution in [3.05, 3.63) is 117 Å². The highest BCUT2D eigenvalue weighted by atomic mass is 32.2. The number of rotatable bonds is 8. The Morgan fingerprint density at radius 1 is 1.00 bits per heavy atom. The molecule has 0 aliphatic rings. The van der Waals surface area contributed by atoms with Crippen molar-refractivity contribution in [1.82, 2.24) is 8.54 Å². The van der Waals surface area contributed by atoms with E-state index in [-0.39, 0.29) is 29.1 Å². The maximum absolute atomic E-state index is 13.5. The van der Waals surface area contributed by atoms with Crippen LogP contribution in [0.3, 0.4) is 0 Å². The van der Waals surface area contributed by atoms with E-state index in [0.29, 0.717) is 27.1 Å². The van der Waals surface area contributed by atoms with Crippen molar-refractivity contribution in [1.29, 1.82) is 0 Å². The first-order valence-corrected chi connectivity index (χ1v) is 13.3. The van der Waals surface area contributed by atoms with E-state index < -0.39 is 15.9 Å². The molecule has 0 spiro atoms. The Balaban J connectivity index is 1.72. The van der Waals surface area contributed by atoms with Crippen molar-refractivity contribution in [2.24, 2.45) is 7.05 Å². The van der Waals surface area contributed by atoms with Gasteiger partial charge >= 0.3 is 5.69 Å². The minimum Gasteiger partial charge on any atom is -0.481 e. The molecule has 5 aromatic rings. The number of nitro benzene ring substituents is 1. The fraction of sp³-hybridized carbons (Fsp3) is 0.138. The number of ether oxygens (including phenoxy) is 1. The molecule has 39 heavy (non-hydrogen) atoms. The van der Waals surface area contributed by atoms with Gasteiger partial charge in [-0.1, -0.05) is 48.0 Å². The number of nitro groups is 1. The number of pyridine rings is 1. The van der Waals surface area contributed by atoms with Gasteiger partial charge in [0.25, 0.3) is 5.56 Å². The highest BCUT2D eigenvalue weighted by Gasteiger charge is 2.27. The van der Waals surface area contributed by atoms with E-state index >= 15 is 0 Å². The molecule has 5 rings (SSSR count). The predicted molar refractivity (Wildman–Crippen MR) is 153 cm³/mol. The van der Waals surface area contributed by atoms with Gasteiger partial charge in [-0.15, -0.1) is 0 Å². The van der Waals surface area contributed by atoms with Crippen molar-refractivity contribution >= 4 is 33.3 Å². The van der Waals surface area contributed by atoms with E-state index in [4.69, 9.17) is 4.74 Å². The van der Waals surface area contributed by atoms with Crippen LogP contribution in [0.5, 0.6) is 5.75 Å². The maximum atomic E-state index is 13.5. The molecule has 0 aliphatic heterocycles. The normalized spacial score (nSPS) is 11.9. The largest absolute Gasteiger partial charge is 0.481 e. The summed E-state index contributed by atoms with van der Waals surface area (Å²) in [7, 11) is 1.52. The molecule has 0 fully saturated rings. The summed E-state index contributed by atoms with van der Waals surface area (Å²) in [5, 5.41) is 15.6. The first-order valence-electron chi connectivity index (χ1n) is 12.2. The number of aryl methyl sites for hydroxylation is 2. The number of fused-ring (bicyclic) bond motifs is 1. The van der Waals surface area contributed by atoms with Gasteiger partial charge in [-0.05, 0) is 42.8 Å². The molecule has 1 N–H and O–H groups in total. The Bertz CT molecular complexity index is 1780. The molecule has 198 valence electrons. The van der Waals surface area contributed by atoms with E-state index in [0.717, 1.165) is 11.1 Å². The summed E-state index contributed by atoms with van der Waals surface area (Å²) in [6.45, 7) is 2.05. The Hall–Kier alpha value is -4.70. The Morgan fingerprint density at radius 3 is 2.38 bits per heavy atom. The van der Waals surface area contributed by atoms with E-state index in [1.165, 1.54) is 8.54 Å². The Morgan fingerprint density at radius 2 is 1.72 bits per heavy atom. The average molecular weight is 543 g/mol. The number of anilines is 1. The van der Waals surface area contributed by atoms with Crippen LogP contribution >= 0.6 is 0 Å². The molecule has 2 heterocycles. The zero-order valence-corrected chi connectivity index (χ0v) is 22.4. The summed E-state index contributed by atoms with van der Waals surface area (Å²) in [6.07, 6.45) is 3.23. The van der Waals surface area contributed by atoms with Crippen LogP contribution in [0.25, 0.3) is 22.0 Å². The minimum absolute atomic E-state index is 0.0723. The SMILES string of the molecule is CNc1ccc(-c2cn(C)c(=O)c3c2ccn3S(=O)c2ccc(C)cc2)c(OCc2ccccc2)c1[N+](=O)[O-]. The van der Waals surface area contributed by atoms with Gasteiger partial charge in [-0.3, -0.25) is 18.9 Å². The number of nitrogens with zero attached hydrogens (tertiary/aromatic N) is 3. The standard InChI is InChI=1S/C29H26N4O5S/c1-19-9-11-21(12-10-19)39(37)32-16-15-22-24(17-31(3)29(34)26(22)32)23-13-14-25(30-2)27(33(35)36)28(23)38-18-20-7-5-4-6-8-20/h4-17,30H,18H2,1-3H3. The van der Waals surface area contributed by atoms with Crippen LogP contribution in [-0.4, -0.2) is 24.7 Å². The van der Waals surface area contributed by atoms with Crippen LogP contribution in [0.4, 0.5) is 11.4 Å². The van der Waals surface area contributed by atoms with Crippen molar-refractivity contribution < 1.29 is 13.9 Å². The first kappa shape index (κ1) is 25.9. The van der Waals surface area contributed by atoms with E-state index in [1.807, 2.05) is 49.4 Å². The van der Waals surface area contributed by atoms with Gasteiger partial charge in [-0.25, -0.2) is 4.21 Å². The average Bonchev–Trinajstić information content (AvgIpc) is 3.39. The molecule has 1 unspecified atom stereocenters. The first-order chi connectivity index (χ1) is 18.8. The third kappa shape index (κ3) is 4.82. The van der Waals surface area contributed by atoms with E-state index in [9.17, 15) is 19.1 Å². The molecule has 10 heteroatoms. The monoisotopic (exact) mass is 542 g/mol. The molecule has 2 aromatic heterocycles. The van der Waals surface area contributed by atoms with Crippen molar-refractivity contribution in [2.45, 2.75) is 18.4 Å². The summed E-state index contributed by atoms with van der Waals surface area (Å²) in [5.74, 6) is 0.0723. The van der Waals surface area contributed by atoms with Crippen LogP contribution in [-0.2, 0) is 24.6 Å². The summed E-state index contributed by atoms with van der Waals surface area (Å²) < 4.78 is 22.5. The summed E-state index contributed by atoms with van der Waals surface area (Å²) in [4.78, 5) is 25.6. The highest BCUT2D eigenvalue weighted by Crippen LogP contribution is 2.45. The van der Waals surface area contributed by atoms with Crippen LogP contribution in [0, 0.1) is 17.0 Å². The van der Waals surface area contributed by atoms with Crippen molar-refractivity contribution in [3.8, 4) is 16.9 Å². The van der Waals surface area contributed by atoms with Gasteiger partial charge in [0.1, 0.15) is 17.8 Å². The molecule has 3 aromatic carbocycles. The van der Waals surface area contributed by atoms with Gasteiger partial charge in [0.05, 0.1) is 9.82 Å². The zero-order chi connectivity index (χ0) is 27.7. The van der Waals surface area contributed by atoms with Crippen LogP contribution in [0.15, 0.2) is 94.9 Å². The van der Waals surface area contributed by atoms with E-state index in [1.54, 1.807) is 56.8 Å². The van der Waals surface area contributed by atoms with Crippen LogP contribution in [0.2, 0.25) is 0 Å². The smallest absolute Gasteiger partial charge is 0.334 e. The second-order valence-electron chi connectivity index (χ2n) is 9.04. The number of hydrogen-bond acceptors (Lipinski definition) is 6. The van der Waals surface area contributed by atoms with Crippen LogP contribution in [0.1, 0.15) is 11.1 Å². The van der Waals surface area contributed by atoms with Gasteiger partial charge in [0.2, 0.25) is 5.75 Å². The van der Waals surface area contributed by atoms with Gasteiger partial charge < -0.3 is 14.6 Å². The van der Waals surface area contributed by atoms with Gasteiger partial charge in [-0.2, -0.15) is 0 Å². The lowest BCUT2D eigenvalue weighted by Crippen LogP contribution is -2.20. The molecular weight excluding hydrogens is 516 g/mol. The zero-order valence-electron chi connectivity index (χ0n) is 21.6. The fourth-order valence-electron chi connectivity index (χ4n) is 4.49. The van der Waals surface area contributed by atoms with E-state index in [2.05, 4.69) is 5.32 Å². The topological polar surface area (TPSA) is 108 Å². The summed E-state index contributed by atoms with van der Waals surface area (Å²) in [5.41, 5.74) is 2.83. The second kappa shape index (κ2) is 10.6. The Labute approximate surface area is 227 Å². The minimum atomic E-state index is -1.68. The van der Waals surface area contributed by atoms with Crippen LogP contribution < -0.4 is 15.6 Å². The third-order valence-electron chi connectivity index (χ3n) is 6.49. The van der Waals surface area contributed by atoms with Crippen molar-refractivity contribution in [2.75, 3.05) is 12.4 Å². The molecule has 0 amide bonds. The number of aromatic nitrogens is 2. The summed E-state index contributed by atoms with van der Waals surface area (Å²) in [6, 6.07) is 21.7. The van der Waals surface area contributed by atoms with Gasteiger partial charge in [0, 0.05) is 43.0 Å². The van der Waals surface area contributed by atoms with Gasteiger partial charge in [0.15, 0.2) is 11.0 Å². The quantitative estimate of drug-likeness (QED) is 0.207. The second-order valence-corrected chi connectivity index (χ2v) is 10.4. The van der Waals surface area contributed by atoms with Crippen molar-refractivity contribution in [3.63, 3.8) is 0 Å². The Kier molecular flexibility index (Phi) is 7.03. The molecule has 0 aliphatic carbocycles. The lowest BCUT2D eigenvalue weighted by Gasteiger charge is -2.16. The number of hydrogen-bond donors (Lipinski definition) is 1. The molecule has 1 atom stereocenters.